The lowest BCUT2D eigenvalue weighted by Crippen LogP contribution is -2.52. The highest BCUT2D eigenvalue weighted by Gasteiger charge is 2.32. The molecule has 1 aromatic carbocycles. The maximum Gasteiger partial charge on any atom is 0.0805 e. The van der Waals surface area contributed by atoms with Crippen LogP contribution in [0.2, 0.25) is 5.02 Å². The summed E-state index contributed by atoms with van der Waals surface area (Å²) in [6, 6.07) is 5.92. The van der Waals surface area contributed by atoms with Crippen LogP contribution in [0.3, 0.4) is 0 Å². The summed E-state index contributed by atoms with van der Waals surface area (Å²) in [5.74, 6) is 0. The molecule has 2 N–H and O–H groups in total. The minimum absolute atomic E-state index is 0.136. The van der Waals surface area contributed by atoms with Crippen LogP contribution in [0.25, 0.3) is 0 Å². The summed E-state index contributed by atoms with van der Waals surface area (Å²) in [5.41, 5.74) is 7.94. The molecule has 2 rings (SSSR count). The molecule has 1 saturated heterocycles. The van der Waals surface area contributed by atoms with Gasteiger partial charge in [0.2, 0.25) is 0 Å². The lowest BCUT2D eigenvalue weighted by molar-refractivity contribution is -0.0750. The van der Waals surface area contributed by atoms with E-state index in [9.17, 15) is 0 Å². The zero-order chi connectivity index (χ0) is 13.3. The number of rotatable bonds is 2. The van der Waals surface area contributed by atoms with Gasteiger partial charge in [-0.1, -0.05) is 11.6 Å². The Hall–Kier alpha value is -0.770. The second-order valence-electron chi connectivity index (χ2n) is 5.55. The lowest BCUT2D eigenvalue weighted by atomic mass is 10.0. The van der Waals surface area contributed by atoms with Gasteiger partial charge in [0.15, 0.2) is 0 Å². The number of hydrogen-bond acceptors (Lipinski definition) is 3. The van der Waals surface area contributed by atoms with Gasteiger partial charge < -0.3 is 15.4 Å². The number of anilines is 1. The monoisotopic (exact) mass is 268 g/mol. The molecule has 1 aliphatic heterocycles. The molecule has 0 amide bonds. The largest absolute Gasteiger partial charge is 0.369 e. The number of benzene rings is 1. The summed E-state index contributed by atoms with van der Waals surface area (Å²) in [4.78, 5) is 2.34. The Kier molecular flexibility index (Phi) is 3.85. The van der Waals surface area contributed by atoms with Gasteiger partial charge in [-0.15, -0.1) is 0 Å². The molecule has 1 atom stereocenters. The third-order valence-electron chi connectivity index (χ3n) is 3.17. The first-order valence-electron chi connectivity index (χ1n) is 6.32. The fraction of sp³-hybridized carbons (Fsp3) is 0.571. The highest BCUT2D eigenvalue weighted by atomic mass is 35.5. The van der Waals surface area contributed by atoms with Crippen molar-refractivity contribution in [3.8, 4) is 0 Å². The Morgan fingerprint density at radius 1 is 1.50 bits per heavy atom. The van der Waals surface area contributed by atoms with Crippen molar-refractivity contribution in [1.82, 2.24) is 0 Å². The first kappa shape index (κ1) is 13.7. The van der Waals surface area contributed by atoms with Crippen molar-refractivity contribution in [2.24, 2.45) is 5.73 Å². The molecular formula is C14H21ClN2O. The van der Waals surface area contributed by atoms with Crippen molar-refractivity contribution in [3.63, 3.8) is 0 Å². The Balaban J connectivity index is 2.30. The predicted octanol–water partition coefficient (Wildman–Crippen LogP) is 2.80. The van der Waals surface area contributed by atoms with E-state index in [4.69, 9.17) is 22.1 Å². The van der Waals surface area contributed by atoms with E-state index >= 15 is 0 Å². The molecule has 1 unspecified atom stereocenters. The van der Waals surface area contributed by atoms with Crippen molar-refractivity contribution in [2.45, 2.75) is 39.0 Å². The lowest BCUT2D eigenvalue weighted by Gasteiger charge is -2.43. The van der Waals surface area contributed by atoms with E-state index in [1.54, 1.807) is 0 Å². The molecule has 0 radical (unpaired) electrons. The average molecular weight is 269 g/mol. The van der Waals surface area contributed by atoms with E-state index < -0.39 is 0 Å². The van der Waals surface area contributed by atoms with E-state index in [1.165, 1.54) is 5.69 Å². The molecular weight excluding hydrogens is 248 g/mol. The molecule has 0 aliphatic carbocycles. The predicted molar refractivity (Wildman–Crippen MR) is 76.2 cm³/mol. The van der Waals surface area contributed by atoms with Crippen LogP contribution in [0.1, 0.15) is 26.3 Å². The van der Waals surface area contributed by atoms with E-state index in [0.717, 1.165) is 23.7 Å². The van der Waals surface area contributed by atoms with Gasteiger partial charge in [0.1, 0.15) is 0 Å². The molecule has 3 nitrogen and oxygen atoms in total. The first-order chi connectivity index (χ1) is 8.41. The molecule has 4 heteroatoms. The van der Waals surface area contributed by atoms with Crippen LogP contribution < -0.4 is 10.6 Å². The summed E-state index contributed by atoms with van der Waals surface area (Å²) in [5, 5.41) is 0.736. The van der Waals surface area contributed by atoms with Gasteiger partial charge in [-0.05, 0) is 44.5 Å². The number of morpholine rings is 1. The Bertz CT molecular complexity index is 434. The van der Waals surface area contributed by atoms with Gasteiger partial charge in [-0.3, -0.25) is 0 Å². The summed E-state index contributed by atoms with van der Waals surface area (Å²) >= 11 is 6.02. The number of halogens is 1. The molecule has 0 aromatic heterocycles. The molecule has 100 valence electrons. The smallest absolute Gasteiger partial charge is 0.0805 e. The quantitative estimate of drug-likeness (QED) is 0.896. The third kappa shape index (κ3) is 2.97. The van der Waals surface area contributed by atoms with Crippen LogP contribution in [-0.2, 0) is 11.3 Å². The highest BCUT2D eigenvalue weighted by Crippen LogP contribution is 2.30. The van der Waals surface area contributed by atoms with Crippen LogP contribution >= 0.6 is 11.6 Å². The van der Waals surface area contributed by atoms with Gasteiger partial charge in [0.25, 0.3) is 0 Å². The van der Waals surface area contributed by atoms with Gasteiger partial charge in [-0.25, -0.2) is 0 Å². The van der Waals surface area contributed by atoms with Crippen molar-refractivity contribution >= 4 is 17.3 Å². The van der Waals surface area contributed by atoms with Crippen molar-refractivity contribution in [1.29, 1.82) is 0 Å². The Morgan fingerprint density at radius 2 is 2.22 bits per heavy atom. The van der Waals surface area contributed by atoms with Gasteiger partial charge in [0, 0.05) is 30.3 Å². The molecule has 0 spiro atoms. The topological polar surface area (TPSA) is 38.5 Å². The molecule has 1 aliphatic rings. The molecule has 0 saturated carbocycles. The fourth-order valence-corrected chi connectivity index (χ4v) is 2.86. The van der Waals surface area contributed by atoms with Crippen molar-refractivity contribution in [3.05, 3.63) is 28.8 Å². The number of nitrogens with two attached hydrogens (primary N) is 1. The second-order valence-corrected chi connectivity index (χ2v) is 5.98. The molecule has 1 aromatic rings. The van der Waals surface area contributed by atoms with E-state index in [2.05, 4.69) is 31.7 Å². The molecule has 18 heavy (non-hydrogen) atoms. The van der Waals surface area contributed by atoms with E-state index in [-0.39, 0.29) is 11.7 Å². The molecule has 1 heterocycles. The number of hydrogen-bond donors (Lipinski definition) is 1. The maximum absolute atomic E-state index is 6.02. The molecule has 1 fully saturated rings. The zero-order valence-corrected chi connectivity index (χ0v) is 12.0. The summed E-state index contributed by atoms with van der Waals surface area (Å²) in [6.45, 7) is 8.60. The second kappa shape index (κ2) is 5.08. The van der Waals surface area contributed by atoms with Crippen LogP contribution in [-0.4, -0.2) is 24.8 Å². The van der Waals surface area contributed by atoms with Crippen LogP contribution in [0.15, 0.2) is 18.2 Å². The van der Waals surface area contributed by atoms with E-state index in [1.807, 2.05) is 12.1 Å². The van der Waals surface area contributed by atoms with E-state index in [0.29, 0.717) is 6.54 Å². The standard InChI is InChI=1S/C14H21ClN2O/c1-10-8-17(9-14(2,3)18-10)13-5-4-12(15)6-11(13)7-16/h4-6,10H,7-9,16H2,1-3H3. The van der Waals surface area contributed by atoms with Crippen molar-refractivity contribution < 1.29 is 4.74 Å². The van der Waals surface area contributed by atoms with Gasteiger partial charge >= 0.3 is 0 Å². The SMILES string of the molecule is CC1CN(c2ccc(Cl)cc2CN)CC(C)(C)O1. The maximum atomic E-state index is 6.02. The van der Waals surface area contributed by atoms with Gasteiger partial charge in [-0.2, -0.15) is 0 Å². The Labute approximate surface area is 114 Å². The van der Waals surface area contributed by atoms with Crippen LogP contribution in [0, 0.1) is 0 Å². The highest BCUT2D eigenvalue weighted by molar-refractivity contribution is 6.30. The summed E-state index contributed by atoms with van der Waals surface area (Å²) < 4.78 is 5.92. The van der Waals surface area contributed by atoms with Crippen LogP contribution in [0.5, 0.6) is 0 Å². The number of nitrogens with zero attached hydrogens (tertiary/aromatic N) is 1. The first-order valence-corrected chi connectivity index (χ1v) is 6.70. The minimum Gasteiger partial charge on any atom is -0.369 e. The normalized spacial score (nSPS) is 23.2. The Morgan fingerprint density at radius 3 is 2.83 bits per heavy atom. The number of ether oxygens (including phenoxy) is 1. The zero-order valence-electron chi connectivity index (χ0n) is 11.2. The third-order valence-corrected chi connectivity index (χ3v) is 3.41. The minimum atomic E-state index is -0.136. The van der Waals surface area contributed by atoms with Crippen LogP contribution in [0.4, 0.5) is 5.69 Å². The summed E-state index contributed by atoms with van der Waals surface area (Å²) in [7, 11) is 0. The average Bonchev–Trinajstić information content (AvgIpc) is 2.25. The van der Waals surface area contributed by atoms with Crippen molar-refractivity contribution in [2.75, 3.05) is 18.0 Å². The molecule has 0 bridgehead atoms. The summed E-state index contributed by atoms with van der Waals surface area (Å²) in [6.07, 6.45) is 0.218. The van der Waals surface area contributed by atoms with Gasteiger partial charge in [0.05, 0.1) is 11.7 Å². The fourth-order valence-electron chi connectivity index (χ4n) is 2.66.